The molecule has 6 rings (SSSR count). The summed E-state index contributed by atoms with van der Waals surface area (Å²) in [5.41, 5.74) is 1.11. The second-order valence-corrected chi connectivity index (χ2v) is 11.2. The highest BCUT2D eigenvalue weighted by Crippen LogP contribution is 2.53. The summed E-state index contributed by atoms with van der Waals surface area (Å²) in [4.78, 5) is 15.4. The Bertz CT molecular complexity index is 753. The second-order valence-electron chi connectivity index (χ2n) is 10.8. The van der Waals surface area contributed by atoms with Gasteiger partial charge in [-0.2, -0.15) is 0 Å². The van der Waals surface area contributed by atoms with Gasteiger partial charge in [-0.25, -0.2) is 0 Å². The Morgan fingerprint density at radius 1 is 1.07 bits per heavy atom. The van der Waals surface area contributed by atoms with E-state index in [0.29, 0.717) is 12.1 Å². The van der Waals surface area contributed by atoms with E-state index in [9.17, 15) is 4.79 Å². The molecule has 5 aliphatic rings. The van der Waals surface area contributed by atoms with Gasteiger partial charge in [-0.15, -0.1) is 0 Å². The Labute approximate surface area is 186 Å². The molecule has 5 heteroatoms. The van der Waals surface area contributed by atoms with Gasteiger partial charge in [-0.1, -0.05) is 29.8 Å². The smallest absolute Gasteiger partial charge is 0.237 e. The van der Waals surface area contributed by atoms with Crippen LogP contribution in [-0.2, 0) is 11.3 Å². The average Bonchev–Trinajstić information content (AvgIpc) is 3.08. The van der Waals surface area contributed by atoms with E-state index >= 15 is 0 Å². The number of rotatable bonds is 6. The molecular formula is C25H36ClN3O. The second kappa shape index (κ2) is 8.44. The van der Waals surface area contributed by atoms with Gasteiger partial charge in [-0.05, 0) is 87.7 Å². The van der Waals surface area contributed by atoms with Crippen molar-refractivity contribution in [1.29, 1.82) is 0 Å². The van der Waals surface area contributed by atoms with Crippen LogP contribution < -0.4 is 10.6 Å². The molecule has 0 radical (unpaired) electrons. The molecule has 5 fully saturated rings. The quantitative estimate of drug-likeness (QED) is 0.711. The molecule has 4 bridgehead atoms. The van der Waals surface area contributed by atoms with Gasteiger partial charge in [0.1, 0.15) is 0 Å². The number of benzene rings is 1. The van der Waals surface area contributed by atoms with E-state index in [-0.39, 0.29) is 18.0 Å². The Balaban J connectivity index is 1.29. The maximum Gasteiger partial charge on any atom is 0.237 e. The van der Waals surface area contributed by atoms with Gasteiger partial charge in [0.25, 0.3) is 0 Å². The van der Waals surface area contributed by atoms with Crippen LogP contribution >= 0.6 is 11.6 Å². The molecular weight excluding hydrogens is 394 g/mol. The SMILES string of the molecule is CC(C)NC(=O)[C@@H]1C[C@@H](NC2C3CC4CC(C3)CC2C4)CN1Cc1ccccc1Cl. The van der Waals surface area contributed by atoms with E-state index < -0.39 is 0 Å². The molecule has 0 unspecified atom stereocenters. The minimum atomic E-state index is -0.0852. The van der Waals surface area contributed by atoms with Crippen molar-refractivity contribution < 1.29 is 4.79 Å². The van der Waals surface area contributed by atoms with Gasteiger partial charge in [0.15, 0.2) is 0 Å². The molecule has 1 saturated heterocycles. The third-order valence-corrected chi connectivity index (χ3v) is 8.49. The van der Waals surface area contributed by atoms with Crippen molar-refractivity contribution in [3.63, 3.8) is 0 Å². The zero-order valence-electron chi connectivity index (χ0n) is 18.3. The highest BCUT2D eigenvalue weighted by atomic mass is 35.5. The van der Waals surface area contributed by atoms with Crippen LogP contribution in [0.2, 0.25) is 5.02 Å². The van der Waals surface area contributed by atoms with Crippen molar-refractivity contribution in [2.75, 3.05) is 6.54 Å². The highest BCUT2D eigenvalue weighted by molar-refractivity contribution is 6.31. The molecule has 4 saturated carbocycles. The van der Waals surface area contributed by atoms with E-state index in [0.717, 1.165) is 53.8 Å². The monoisotopic (exact) mass is 429 g/mol. The molecule has 0 spiro atoms. The lowest BCUT2D eigenvalue weighted by atomic mass is 9.54. The maximum atomic E-state index is 13.0. The first-order valence-corrected chi connectivity index (χ1v) is 12.4. The number of hydrogen-bond donors (Lipinski definition) is 2. The Hall–Kier alpha value is -1.10. The van der Waals surface area contributed by atoms with Gasteiger partial charge < -0.3 is 10.6 Å². The molecule has 1 heterocycles. The standard InChI is InChI=1S/C25H36ClN3O/c1-15(2)27-25(30)23-12-21(14-29(23)13-18-5-3-4-6-22(18)26)28-24-19-8-16-7-17(10-19)11-20(24)9-16/h3-6,15-17,19-21,23-24,28H,7-14H2,1-2H3,(H,27,30)/t16?,17?,19?,20?,21-,23+,24?/m1/s1. The van der Waals surface area contributed by atoms with Gasteiger partial charge in [-0.3, -0.25) is 9.69 Å². The van der Waals surface area contributed by atoms with Gasteiger partial charge in [0.2, 0.25) is 5.91 Å². The molecule has 164 valence electrons. The molecule has 1 aromatic carbocycles. The number of nitrogens with one attached hydrogen (secondary N) is 2. The zero-order chi connectivity index (χ0) is 20.8. The molecule has 4 nitrogen and oxygen atoms in total. The molecule has 0 aromatic heterocycles. The van der Waals surface area contributed by atoms with E-state index in [1.807, 2.05) is 32.0 Å². The fourth-order valence-corrected chi connectivity index (χ4v) is 7.36. The molecule has 4 aliphatic carbocycles. The molecule has 30 heavy (non-hydrogen) atoms. The Kier molecular flexibility index (Phi) is 5.85. The minimum absolute atomic E-state index is 0.0852. The molecule has 2 atom stereocenters. The zero-order valence-corrected chi connectivity index (χ0v) is 19.1. The van der Waals surface area contributed by atoms with Gasteiger partial charge in [0, 0.05) is 36.2 Å². The van der Waals surface area contributed by atoms with Crippen LogP contribution in [-0.4, -0.2) is 41.5 Å². The fourth-order valence-electron chi connectivity index (χ4n) is 7.17. The Morgan fingerprint density at radius 2 is 1.73 bits per heavy atom. The number of hydrogen-bond acceptors (Lipinski definition) is 3. The average molecular weight is 430 g/mol. The van der Waals surface area contributed by atoms with Crippen LogP contribution in [0.5, 0.6) is 0 Å². The lowest BCUT2D eigenvalue weighted by molar-refractivity contribution is -0.126. The summed E-state index contributed by atoms with van der Waals surface area (Å²) in [5.74, 6) is 3.88. The van der Waals surface area contributed by atoms with Crippen molar-refractivity contribution in [2.45, 2.75) is 83.1 Å². The van der Waals surface area contributed by atoms with Crippen molar-refractivity contribution in [3.05, 3.63) is 34.9 Å². The van der Waals surface area contributed by atoms with E-state index in [4.69, 9.17) is 11.6 Å². The normalized spacial score (nSPS) is 37.8. The van der Waals surface area contributed by atoms with Gasteiger partial charge >= 0.3 is 0 Å². The maximum absolute atomic E-state index is 13.0. The third kappa shape index (κ3) is 4.16. The van der Waals surface area contributed by atoms with Crippen molar-refractivity contribution >= 4 is 17.5 Å². The number of halogens is 1. The van der Waals surface area contributed by atoms with Crippen LogP contribution in [0.25, 0.3) is 0 Å². The molecule has 1 aromatic rings. The summed E-state index contributed by atoms with van der Waals surface area (Å²) < 4.78 is 0. The van der Waals surface area contributed by atoms with Crippen LogP contribution in [0.4, 0.5) is 0 Å². The van der Waals surface area contributed by atoms with Crippen molar-refractivity contribution in [3.8, 4) is 0 Å². The van der Waals surface area contributed by atoms with E-state index in [1.165, 1.54) is 32.1 Å². The van der Waals surface area contributed by atoms with Gasteiger partial charge in [0.05, 0.1) is 6.04 Å². The number of likely N-dealkylation sites (tertiary alicyclic amines) is 1. The van der Waals surface area contributed by atoms with Crippen molar-refractivity contribution in [2.24, 2.45) is 23.7 Å². The summed E-state index contributed by atoms with van der Waals surface area (Å²) in [6.45, 7) is 5.73. The van der Waals surface area contributed by atoms with Crippen LogP contribution in [0.3, 0.4) is 0 Å². The number of amides is 1. The topological polar surface area (TPSA) is 44.4 Å². The molecule has 1 amide bonds. The van der Waals surface area contributed by atoms with Crippen LogP contribution in [0, 0.1) is 23.7 Å². The summed E-state index contributed by atoms with van der Waals surface area (Å²) in [6.07, 6.45) is 8.10. The minimum Gasteiger partial charge on any atom is -0.353 e. The van der Waals surface area contributed by atoms with E-state index in [2.05, 4.69) is 21.6 Å². The Morgan fingerprint density at radius 3 is 2.37 bits per heavy atom. The van der Waals surface area contributed by atoms with Crippen molar-refractivity contribution in [1.82, 2.24) is 15.5 Å². The van der Waals surface area contributed by atoms with Crippen LogP contribution in [0.1, 0.15) is 57.9 Å². The summed E-state index contributed by atoms with van der Waals surface area (Å²) in [7, 11) is 0. The van der Waals surface area contributed by atoms with Crippen LogP contribution in [0.15, 0.2) is 24.3 Å². The first-order valence-electron chi connectivity index (χ1n) is 12.0. The lowest BCUT2D eigenvalue weighted by Crippen LogP contribution is -2.57. The first kappa shape index (κ1) is 20.8. The lowest BCUT2D eigenvalue weighted by Gasteiger charge is -2.55. The fraction of sp³-hybridized carbons (Fsp3) is 0.720. The number of carbonyl (C=O) groups excluding carboxylic acids is 1. The summed E-state index contributed by atoms with van der Waals surface area (Å²) in [5, 5.41) is 8.01. The molecule has 2 N–H and O–H groups in total. The van der Waals surface area contributed by atoms with E-state index in [1.54, 1.807) is 0 Å². The predicted octanol–water partition coefficient (Wildman–Crippen LogP) is 4.22. The molecule has 1 aliphatic heterocycles. The largest absolute Gasteiger partial charge is 0.353 e. The first-order chi connectivity index (χ1) is 14.5. The highest BCUT2D eigenvalue weighted by Gasteiger charge is 2.49. The number of carbonyl (C=O) groups is 1. The summed E-state index contributed by atoms with van der Waals surface area (Å²) >= 11 is 6.45. The third-order valence-electron chi connectivity index (χ3n) is 8.12. The predicted molar refractivity (Wildman–Crippen MR) is 121 cm³/mol. The summed E-state index contributed by atoms with van der Waals surface area (Å²) in [6, 6.07) is 9.16. The number of nitrogens with zero attached hydrogens (tertiary/aromatic N) is 1.